The second kappa shape index (κ2) is 8.11. The topological polar surface area (TPSA) is 54.3 Å². The summed E-state index contributed by atoms with van der Waals surface area (Å²) in [6.07, 6.45) is 6.20. The van der Waals surface area contributed by atoms with Gasteiger partial charge in [-0.05, 0) is 48.1 Å². The Hall–Kier alpha value is -3.53. The van der Waals surface area contributed by atoms with E-state index in [4.69, 9.17) is 0 Å². The number of hydrogen-bond acceptors (Lipinski definition) is 2. The minimum Gasteiger partial charge on any atom is -0.478 e. The zero-order valence-corrected chi connectivity index (χ0v) is 18.6. The van der Waals surface area contributed by atoms with E-state index in [0.717, 1.165) is 17.7 Å². The first-order valence-corrected chi connectivity index (χ1v) is 12.0. The highest BCUT2D eigenvalue weighted by Gasteiger charge is 2.32. The quantitative estimate of drug-likeness (QED) is 0.361. The van der Waals surface area contributed by atoms with Crippen molar-refractivity contribution in [1.82, 2.24) is 4.57 Å². The summed E-state index contributed by atoms with van der Waals surface area (Å²) in [4.78, 5) is 11.9. The summed E-state index contributed by atoms with van der Waals surface area (Å²) < 4.78 is 2.43. The van der Waals surface area contributed by atoms with Crippen LogP contribution in [0.25, 0.3) is 22.2 Å². The number of aromatic carboxylic acids is 1. The number of nitrogens with zero attached hydrogens (tertiary/aromatic N) is 1. The fraction of sp³-hybridized carbons (Fsp3) is 0.276. The van der Waals surface area contributed by atoms with E-state index in [1.807, 2.05) is 12.1 Å². The van der Waals surface area contributed by atoms with Crippen LogP contribution < -0.4 is 5.32 Å². The van der Waals surface area contributed by atoms with Gasteiger partial charge in [0.05, 0.1) is 22.8 Å². The summed E-state index contributed by atoms with van der Waals surface area (Å²) in [7, 11) is 0. The molecule has 0 amide bonds. The number of anilines is 1. The Balaban J connectivity index is 1.72. The number of carboxylic acid groups (broad SMARTS) is 1. The third kappa shape index (κ3) is 3.32. The zero-order chi connectivity index (χ0) is 22.4. The van der Waals surface area contributed by atoms with Crippen molar-refractivity contribution in [2.75, 3.05) is 11.9 Å². The molecule has 4 aromatic rings. The van der Waals surface area contributed by atoms with Crippen molar-refractivity contribution in [3.8, 4) is 11.3 Å². The van der Waals surface area contributed by atoms with E-state index in [-0.39, 0.29) is 6.04 Å². The molecule has 1 aliphatic carbocycles. The fourth-order valence-electron chi connectivity index (χ4n) is 5.96. The average Bonchev–Trinajstić information content (AvgIpc) is 3.09. The van der Waals surface area contributed by atoms with Gasteiger partial charge in [0.25, 0.3) is 0 Å². The van der Waals surface area contributed by atoms with E-state index in [1.54, 1.807) is 6.07 Å². The van der Waals surface area contributed by atoms with E-state index in [9.17, 15) is 9.90 Å². The summed E-state index contributed by atoms with van der Waals surface area (Å²) in [5, 5.41) is 14.7. The van der Waals surface area contributed by atoms with Gasteiger partial charge in [-0.25, -0.2) is 4.79 Å². The molecule has 3 aromatic carbocycles. The number of fused-ring (bicyclic) bond motifs is 5. The molecule has 0 spiro atoms. The molecule has 1 atom stereocenters. The van der Waals surface area contributed by atoms with E-state index in [2.05, 4.69) is 64.5 Å². The standard InChI is InChI=1S/C29H28N2O2/c32-29(33)21-15-16-23-25(17-21)31-26(19-9-3-1-4-10-19)18-30-24-14-8-7-13-22(24)28(31)27(23)20-11-5-2-6-12-20/h1,3-4,7-10,13-17,20,26,30H,2,5-6,11-12,18H2,(H,32,33). The van der Waals surface area contributed by atoms with Gasteiger partial charge in [-0.15, -0.1) is 0 Å². The van der Waals surface area contributed by atoms with Crippen molar-refractivity contribution in [2.45, 2.75) is 44.1 Å². The van der Waals surface area contributed by atoms with Gasteiger partial charge >= 0.3 is 5.97 Å². The second-order valence-electron chi connectivity index (χ2n) is 9.36. The van der Waals surface area contributed by atoms with Crippen LogP contribution in [0.4, 0.5) is 5.69 Å². The third-order valence-corrected chi connectivity index (χ3v) is 7.47. The first kappa shape index (κ1) is 20.1. The van der Waals surface area contributed by atoms with Crippen molar-refractivity contribution in [2.24, 2.45) is 0 Å². The molecule has 4 heteroatoms. The Kier molecular flexibility index (Phi) is 4.94. The molecule has 2 heterocycles. The molecule has 2 N–H and O–H groups in total. The average molecular weight is 437 g/mol. The lowest BCUT2D eigenvalue weighted by Crippen LogP contribution is -2.18. The Morgan fingerprint density at radius 3 is 2.45 bits per heavy atom. The molecule has 1 saturated carbocycles. The largest absolute Gasteiger partial charge is 0.478 e. The Bertz CT molecular complexity index is 1330. The van der Waals surface area contributed by atoms with Gasteiger partial charge in [0.1, 0.15) is 0 Å². The molecule has 0 radical (unpaired) electrons. The van der Waals surface area contributed by atoms with Crippen LogP contribution >= 0.6 is 0 Å². The summed E-state index contributed by atoms with van der Waals surface area (Å²) in [6, 6.07) is 24.9. The van der Waals surface area contributed by atoms with Crippen LogP contribution in [0.5, 0.6) is 0 Å². The minimum absolute atomic E-state index is 0.0671. The maximum atomic E-state index is 11.9. The van der Waals surface area contributed by atoms with Crippen LogP contribution in [0.3, 0.4) is 0 Å². The molecule has 1 unspecified atom stereocenters. The van der Waals surface area contributed by atoms with Gasteiger partial charge in [0.2, 0.25) is 0 Å². The molecular formula is C29H28N2O2. The first-order valence-electron chi connectivity index (χ1n) is 12.0. The molecule has 4 nitrogen and oxygen atoms in total. The molecule has 2 aliphatic rings. The monoisotopic (exact) mass is 436 g/mol. The van der Waals surface area contributed by atoms with Crippen molar-refractivity contribution in [1.29, 1.82) is 0 Å². The highest BCUT2D eigenvalue weighted by Crippen LogP contribution is 2.48. The maximum Gasteiger partial charge on any atom is 0.335 e. The van der Waals surface area contributed by atoms with Gasteiger partial charge in [-0.1, -0.05) is 73.9 Å². The van der Waals surface area contributed by atoms with Crippen LogP contribution in [0, 0.1) is 0 Å². The summed E-state index contributed by atoms with van der Waals surface area (Å²) in [5.74, 6) is -0.383. The molecule has 6 rings (SSSR count). The van der Waals surface area contributed by atoms with Crippen LogP contribution in [-0.2, 0) is 0 Å². The number of aromatic nitrogens is 1. The van der Waals surface area contributed by atoms with Gasteiger partial charge in [-0.3, -0.25) is 0 Å². The van der Waals surface area contributed by atoms with Gasteiger partial charge in [0, 0.05) is 23.2 Å². The number of benzene rings is 3. The van der Waals surface area contributed by atoms with Crippen molar-refractivity contribution in [3.63, 3.8) is 0 Å². The molecule has 1 aromatic heterocycles. The number of rotatable bonds is 3. The van der Waals surface area contributed by atoms with E-state index in [0.29, 0.717) is 11.5 Å². The molecule has 33 heavy (non-hydrogen) atoms. The molecular weight excluding hydrogens is 408 g/mol. The lowest BCUT2D eigenvalue weighted by molar-refractivity contribution is 0.0697. The van der Waals surface area contributed by atoms with Gasteiger partial charge < -0.3 is 15.0 Å². The van der Waals surface area contributed by atoms with Crippen molar-refractivity contribution >= 4 is 22.6 Å². The van der Waals surface area contributed by atoms with Crippen molar-refractivity contribution < 1.29 is 9.90 Å². The fourth-order valence-corrected chi connectivity index (χ4v) is 5.96. The van der Waals surface area contributed by atoms with Crippen molar-refractivity contribution in [3.05, 3.63) is 89.5 Å². The van der Waals surface area contributed by atoms with E-state index < -0.39 is 5.97 Å². The number of para-hydroxylation sites is 1. The van der Waals surface area contributed by atoms with Crippen LogP contribution in [0.15, 0.2) is 72.8 Å². The number of hydrogen-bond donors (Lipinski definition) is 2. The van der Waals surface area contributed by atoms with Crippen LogP contribution in [0.1, 0.15) is 65.5 Å². The summed E-state index contributed by atoms with van der Waals surface area (Å²) >= 11 is 0. The molecule has 166 valence electrons. The maximum absolute atomic E-state index is 11.9. The zero-order valence-electron chi connectivity index (χ0n) is 18.6. The van der Waals surface area contributed by atoms with E-state index in [1.165, 1.54) is 59.9 Å². The molecule has 1 aliphatic heterocycles. The smallest absolute Gasteiger partial charge is 0.335 e. The van der Waals surface area contributed by atoms with Crippen LogP contribution in [-0.4, -0.2) is 22.2 Å². The first-order chi connectivity index (χ1) is 16.2. The normalized spacial score (nSPS) is 18.2. The third-order valence-electron chi connectivity index (χ3n) is 7.47. The second-order valence-corrected chi connectivity index (χ2v) is 9.36. The highest BCUT2D eigenvalue weighted by molar-refractivity contribution is 5.99. The van der Waals surface area contributed by atoms with E-state index >= 15 is 0 Å². The SMILES string of the molecule is O=C(O)c1ccc2c(C3CCCCC3)c3n(c2c1)C(c1ccccc1)CNc1ccccc1-3. The molecule has 0 bridgehead atoms. The Morgan fingerprint density at radius 1 is 0.909 bits per heavy atom. The van der Waals surface area contributed by atoms with Gasteiger partial charge in [0.15, 0.2) is 0 Å². The Morgan fingerprint density at radius 2 is 1.67 bits per heavy atom. The number of carbonyl (C=O) groups is 1. The minimum atomic E-state index is -0.880. The lowest BCUT2D eigenvalue weighted by Gasteiger charge is -2.25. The summed E-state index contributed by atoms with van der Waals surface area (Å²) in [6.45, 7) is 0.749. The Labute approximate surface area is 193 Å². The van der Waals surface area contributed by atoms with Gasteiger partial charge in [-0.2, -0.15) is 0 Å². The predicted molar refractivity (Wildman–Crippen MR) is 133 cm³/mol. The molecule has 0 saturated heterocycles. The number of nitrogens with one attached hydrogen (secondary N) is 1. The lowest BCUT2D eigenvalue weighted by atomic mass is 9.81. The highest BCUT2D eigenvalue weighted by atomic mass is 16.4. The number of carboxylic acids is 1. The van der Waals surface area contributed by atoms with Crippen LogP contribution in [0.2, 0.25) is 0 Å². The predicted octanol–water partition coefficient (Wildman–Crippen LogP) is 7.07. The molecule has 1 fully saturated rings. The summed E-state index contributed by atoms with van der Waals surface area (Å²) in [5.41, 5.74) is 7.62.